The van der Waals surface area contributed by atoms with E-state index in [4.69, 9.17) is 0 Å². The van der Waals surface area contributed by atoms with Gasteiger partial charge in [0.05, 0.1) is 7.11 Å². The van der Waals surface area contributed by atoms with Crippen LogP contribution in [0.5, 0.6) is 0 Å². The average Bonchev–Trinajstić information content (AvgIpc) is 2.49. The van der Waals surface area contributed by atoms with Crippen LogP contribution in [0.3, 0.4) is 0 Å². The molecule has 0 saturated carbocycles. The Labute approximate surface area is 138 Å². The number of ether oxygens (including phenoxy) is 1. The van der Waals surface area contributed by atoms with Crippen LogP contribution >= 0.6 is 0 Å². The van der Waals surface area contributed by atoms with Crippen molar-refractivity contribution in [2.75, 3.05) is 19.0 Å². The van der Waals surface area contributed by atoms with Crippen LogP contribution in [0, 0.1) is 0 Å². The number of esters is 1. The number of hydrogen-bond acceptors (Lipinski definition) is 3. The second-order valence-electron chi connectivity index (χ2n) is 6.56. The molecule has 0 unspecified atom stereocenters. The first-order valence-electron chi connectivity index (χ1n) is 8.06. The summed E-state index contributed by atoms with van der Waals surface area (Å²) in [6.45, 7) is 6.94. The van der Waals surface area contributed by atoms with E-state index in [0.29, 0.717) is 13.0 Å². The molecular formula is C18H28N2O3. The molecule has 128 valence electrons. The molecule has 0 aliphatic carbocycles. The van der Waals surface area contributed by atoms with Crippen molar-refractivity contribution in [1.29, 1.82) is 0 Å². The standard InChI is InChI=1S/C18H28N2O3/c1-18(2,3)14-10-7-8-11-15(14)20-17(22)19-13-9-5-6-12-16(21)23-4/h7-8,10-11H,5-6,9,12-13H2,1-4H3,(H2,19,20,22). The van der Waals surface area contributed by atoms with Gasteiger partial charge in [0.15, 0.2) is 0 Å². The lowest BCUT2D eigenvalue weighted by atomic mass is 9.86. The molecule has 1 aromatic rings. The summed E-state index contributed by atoms with van der Waals surface area (Å²) < 4.78 is 4.58. The lowest BCUT2D eigenvalue weighted by Gasteiger charge is -2.23. The van der Waals surface area contributed by atoms with Crippen molar-refractivity contribution in [2.24, 2.45) is 0 Å². The van der Waals surface area contributed by atoms with Crippen LogP contribution in [-0.4, -0.2) is 25.7 Å². The number of nitrogens with one attached hydrogen (secondary N) is 2. The van der Waals surface area contributed by atoms with E-state index >= 15 is 0 Å². The summed E-state index contributed by atoms with van der Waals surface area (Å²) in [7, 11) is 1.39. The van der Waals surface area contributed by atoms with Crippen LogP contribution in [0.4, 0.5) is 10.5 Å². The zero-order chi connectivity index (χ0) is 17.3. The molecule has 2 N–H and O–H groups in total. The van der Waals surface area contributed by atoms with Gasteiger partial charge in [-0.2, -0.15) is 0 Å². The summed E-state index contributed by atoms with van der Waals surface area (Å²) in [6, 6.07) is 7.64. The lowest BCUT2D eigenvalue weighted by molar-refractivity contribution is -0.140. The first-order chi connectivity index (χ1) is 10.8. The third-order valence-corrected chi connectivity index (χ3v) is 3.55. The van der Waals surface area contributed by atoms with E-state index in [1.807, 2.05) is 24.3 Å². The van der Waals surface area contributed by atoms with Crippen molar-refractivity contribution in [3.8, 4) is 0 Å². The fourth-order valence-corrected chi connectivity index (χ4v) is 2.29. The summed E-state index contributed by atoms with van der Waals surface area (Å²) in [5, 5.41) is 5.76. The predicted molar refractivity (Wildman–Crippen MR) is 92.6 cm³/mol. The smallest absolute Gasteiger partial charge is 0.319 e. The van der Waals surface area contributed by atoms with E-state index in [1.54, 1.807) is 0 Å². The second-order valence-corrected chi connectivity index (χ2v) is 6.56. The van der Waals surface area contributed by atoms with Gasteiger partial charge in [0, 0.05) is 18.7 Å². The van der Waals surface area contributed by atoms with Crippen molar-refractivity contribution < 1.29 is 14.3 Å². The van der Waals surface area contributed by atoms with Crippen LogP contribution < -0.4 is 10.6 Å². The summed E-state index contributed by atoms with van der Waals surface area (Å²) in [4.78, 5) is 22.9. The molecule has 23 heavy (non-hydrogen) atoms. The Morgan fingerprint density at radius 3 is 2.43 bits per heavy atom. The third kappa shape index (κ3) is 7.17. The van der Waals surface area contributed by atoms with Gasteiger partial charge in [0.2, 0.25) is 0 Å². The van der Waals surface area contributed by atoms with Crippen LogP contribution in [0.1, 0.15) is 52.0 Å². The Morgan fingerprint density at radius 2 is 1.78 bits per heavy atom. The normalized spacial score (nSPS) is 11.0. The molecule has 0 bridgehead atoms. The molecule has 0 aliphatic heterocycles. The van der Waals surface area contributed by atoms with E-state index in [2.05, 4.69) is 36.1 Å². The van der Waals surface area contributed by atoms with Crippen LogP contribution in [0.2, 0.25) is 0 Å². The third-order valence-electron chi connectivity index (χ3n) is 3.55. The van der Waals surface area contributed by atoms with Gasteiger partial charge in [0.25, 0.3) is 0 Å². The molecule has 5 heteroatoms. The topological polar surface area (TPSA) is 67.4 Å². The molecular weight excluding hydrogens is 292 g/mol. The van der Waals surface area contributed by atoms with Crippen molar-refractivity contribution in [1.82, 2.24) is 5.32 Å². The molecule has 5 nitrogen and oxygen atoms in total. The average molecular weight is 320 g/mol. The molecule has 0 spiro atoms. The number of unbranched alkanes of at least 4 members (excludes halogenated alkanes) is 2. The quantitative estimate of drug-likeness (QED) is 0.592. The van der Waals surface area contributed by atoms with Gasteiger partial charge < -0.3 is 15.4 Å². The Morgan fingerprint density at radius 1 is 1.09 bits per heavy atom. The lowest BCUT2D eigenvalue weighted by Crippen LogP contribution is -2.30. The molecule has 1 rings (SSSR count). The van der Waals surface area contributed by atoms with Gasteiger partial charge in [-0.3, -0.25) is 4.79 Å². The number of para-hydroxylation sites is 1. The van der Waals surface area contributed by atoms with Gasteiger partial charge in [-0.15, -0.1) is 0 Å². The van der Waals surface area contributed by atoms with E-state index in [9.17, 15) is 9.59 Å². The number of benzene rings is 1. The van der Waals surface area contributed by atoms with Gasteiger partial charge in [0.1, 0.15) is 0 Å². The highest BCUT2D eigenvalue weighted by Crippen LogP contribution is 2.29. The number of anilines is 1. The molecule has 0 aromatic heterocycles. The Balaban J connectivity index is 2.34. The minimum Gasteiger partial charge on any atom is -0.469 e. The molecule has 0 saturated heterocycles. The summed E-state index contributed by atoms with van der Waals surface area (Å²) in [6.07, 6.45) is 2.93. The minimum absolute atomic E-state index is 0.0300. The largest absolute Gasteiger partial charge is 0.469 e. The zero-order valence-corrected chi connectivity index (χ0v) is 14.6. The monoisotopic (exact) mass is 320 g/mol. The molecule has 2 amide bonds. The highest BCUT2D eigenvalue weighted by atomic mass is 16.5. The van der Waals surface area contributed by atoms with E-state index < -0.39 is 0 Å². The molecule has 0 aliphatic rings. The number of methoxy groups -OCH3 is 1. The van der Waals surface area contributed by atoms with Crippen LogP contribution in [0.25, 0.3) is 0 Å². The minimum atomic E-state index is -0.199. The molecule has 0 atom stereocenters. The molecule has 1 aromatic carbocycles. The maximum atomic E-state index is 12.0. The van der Waals surface area contributed by atoms with Crippen molar-refractivity contribution >= 4 is 17.7 Å². The van der Waals surface area contributed by atoms with Gasteiger partial charge in [-0.25, -0.2) is 4.79 Å². The number of urea groups is 1. The zero-order valence-electron chi connectivity index (χ0n) is 14.6. The first kappa shape index (κ1) is 19.0. The van der Waals surface area contributed by atoms with Crippen LogP contribution in [-0.2, 0) is 14.9 Å². The van der Waals surface area contributed by atoms with Gasteiger partial charge >= 0.3 is 12.0 Å². The number of carbonyl (C=O) groups is 2. The second kappa shape index (κ2) is 9.18. The van der Waals surface area contributed by atoms with Gasteiger partial charge in [-0.1, -0.05) is 45.4 Å². The van der Waals surface area contributed by atoms with Crippen molar-refractivity contribution in [2.45, 2.75) is 51.9 Å². The van der Waals surface area contributed by atoms with Crippen molar-refractivity contribution in [3.63, 3.8) is 0 Å². The highest BCUT2D eigenvalue weighted by molar-refractivity contribution is 5.90. The summed E-state index contributed by atoms with van der Waals surface area (Å²) in [5.74, 6) is -0.186. The SMILES string of the molecule is COC(=O)CCCCCNC(=O)Nc1ccccc1C(C)(C)C. The maximum absolute atomic E-state index is 12.0. The molecule has 0 radical (unpaired) electrons. The Kier molecular flexibility index (Phi) is 7.59. The molecule has 0 fully saturated rings. The van der Waals surface area contributed by atoms with E-state index in [-0.39, 0.29) is 17.4 Å². The van der Waals surface area contributed by atoms with Crippen LogP contribution in [0.15, 0.2) is 24.3 Å². The fraction of sp³-hybridized carbons (Fsp3) is 0.556. The Hall–Kier alpha value is -2.04. The number of hydrogen-bond donors (Lipinski definition) is 2. The van der Waals surface area contributed by atoms with Crippen molar-refractivity contribution in [3.05, 3.63) is 29.8 Å². The van der Waals surface area contributed by atoms with Gasteiger partial charge in [-0.05, 0) is 29.9 Å². The van der Waals surface area contributed by atoms with E-state index in [1.165, 1.54) is 7.11 Å². The summed E-state index contributed by atoms with van der Waals surface area (Å²) in [5.41, 5.74) is 1.91. The number of carbonyl (C=O) groups excluding carboxylic acids is 2. The first-order valence-corrected chi connectivity index (χ1v) is 8.06. The number of amides is 2. The fourth-order valence-electron chi connectivity index (χ4n) is 2.29. The maximum Gasteiger partial charge on any atom is 0.319 e. The Bertz CT molecular complexity index is 521. The number of rotatable bonds is 7. The summed E-state index contributed by atoms with van der Waals surface area (Å²) >= 11 is 0. The molecule has 0 heterocycles. The highest BCUT2D eigenvalue weighted by Gasteiger charge is 2.18. The predicted octanol–water partition coefficient (Wildman–Crippen LogP) is 3.84. The van der Waals surface area contributed by atoms with E-state index in [0.717, 1.165) is 30.5 Å².